The Morgan fingerprint density at radius 3 is 2.73 bits per heavy atom. The zero-order valence-corrected chi connectivity index (χ0v) is 14.4. The number of amidine groups is 1. The Morgan fingerprint density at radius 1 is 1.36 bits per heavy atom. The lowest BCUT2D eigenvalue weighted by molar-refractivity contribution is -0.0828. The number of ether oxygens (including phenoxy) is 2. The van der Waals surface area contributed by atoms with Gasteiger partial charge in [0, 0.05) is 18.2 Å². The zero-order chi connectivity index (χ0) is 15.9. The molecule has 0 saturated carbocycles. The molecule has 0 aromatic heterocycles. The number of hydrogen-bond donors (Lipinski definition) is 0. The van der Waals surface area contributed by atoms with E-state index in [9.17, 15) is 0 Å². The number of rotatable bonds is 4. The fourth-order valence-electron chi connectivity index (χ4n) is 2.45. The van der Waals surface area contributed by atoms with Crippen molar-refractivity contribution in [1.82, 2.24) is 9.57 Å². The second-order valence-corrected chi connectivity index (χ2v) is 6.85. The van der Waals surface area contributed by atoms with E-state index in [4.69, 9.17) is 9.47 Å². The predicted octanol–water partition coefficient (Wildman–Crippen LogP) is 2.52. The van der Waals surface area contributed by atoms with Crippen LogP contribution in [0.5, 0.6) is 0 Å². The summed E-state index contributed by atoms with van der Waals surface area (Å²) in [7, 11) is 3.93. The first-order chi connectivity index (χ1) is 10.6. The van der Waals surface area contributed by atoms with E-state index < -0.39 is 0 Å². The molecule has 0 spiro atoms. The molecule has 5 heteroatoms. The highest BCUT2D eigenvalue weighted by Gasteiger charge is 2.32. The Morgan fingerprint density at radius 2 is 2.09 bits per heavy atom. The molecule has 0 radical (unpaired) electrons. The third-order valence-electron chi connectivity index (χ3n) is 3.52. The Kier molecular flexibility index (Phi) is 6.52. The van der Waals surface area contributed by atoms with E-state index in [2.05, 4.69) is 30.4 Å². The molecule has 1 heterocycles. The average molecular weight is 321 g/mol. The molecule has 4 nitrogen and oxygen atoms in total. The second kappa shape index (κ2) is 8.39. The van der Waals surface area contributed by atoms with Gasteiger partial charge in [0.15, 0.2) is 6.72 Å². The normalized spacial score (nSPS) is 24.6. The Hall–Kier alpha value is -1.26. The maximum atomic E-state index is 6.08. The fraction of sp³-hybridized carbons (Fsp3) is 0.529. The van der Waals surface area contributed by atoms with Crippen LogP contribution in [0.3, 0.4) is 0 Å². The van der Waals surface area contributed by atoms with E-state index in [-0.39, 0.29) is 17.6 Å². The number of nitrogens with zero attached hydrogens (tertiary/aromatic N) is 2. The van der Waals surface area contributed by atoms with Crippen molar-refractivity contribution >= 4 is 23.6 Å². The molecular formula is C17H25N2O2S+. The van der Waals surface area contributed by atoms with Crippen molar-refractivity contribution in [3.8, 4) is 0 Å². The molecule has 0 N–H and O–H groups in total. The molecule has 3 atom stereocenters. The van der Waals surface area contributed by atoms with Gasteiger partial charge in [0.25, 0.3) is 0 Å². The molecule has 1 aromatic carbocycles. The molecule has 2 rings (SSSR count). The fourth-order valence-corrected chi connectivity index (χ4v) is 3.53. The van der Waals surface area contributed by atoms with Gasteiger partial charge in [-0.15, -0.1) is 0 Å². The van der Waals surface area contributed by atoms with E-state index in [1.807, 2.05) is 37.2 Å². The van der Waals surface area contributed by atoms with Gasteiger partial charge in [-0.05, 0) is 18.9 Å². The van der Waals surface area contributed by atoms with Gasteiger partial charge in [-0.1, -0.05) is 30.3 Å². The van der Waals surface area contributed by atoms with Crippen molar-refractivity contribution in [1.29, 1.82) is 0 Å². The van der Waals surface area contributed by atoms with Crippen LogP contribution < -0.4 is 4.67 Å². The lowest BCUT2D eigenvalue weighted by atomic mass is 10.1. The van der Waals surface area contributed by atoms with Crippen LogP contribution in [0, 0.1) is 0 Å². The molecule has 1 aliphatic rings. The molecule has 1 saturated heterocycles. The lowest BCUT2D eigenvalue weighted by Crippen LogP contribution is -2.36. The van der Waals surface area contributed by atoms with Gasteiger partial charge >= 0.3 is 5.17 Å². The van der Waals surface area contributed by atoms with E-state index >= 15 is 0 Å². The van der Waals surface area contributed by atoms with Crippen molar-refractivity contribution in [2.24, 2.45) is 0 Å². The first kappa shape index (κ1) is 17.1. The summed E-state index contributed by atoms with van der Waals surface area (Å²) in [4.78, 5) is 1.96. The second-order valence-electron chi connectivity index (χ2n) is 5.72. The molecule has 22 heavy (non-hydrogen) atoms. The highest BCUT2D eigenvalue weighted by atomic mass is 32.2. The summed E-state index contributed by atoms with van der Waals surface area (Å²) in [5.41, 5.74) is 1.27. The molecule has 1 fully saturated rings. The van der Waals surface area contributed by atoms with Gasteiger partial charge in [0.1, 0.15) is 5.44 Å². The van der Waals surface area contributed by atoms with Gasteiger partial charge < -0.3 is 9.47 Å². The molecule has 1 aliphatic heterocycles. The van der Waals surface area contributed by atoms with Crippen molar-refractivity contribution < 1.29 is 9.47 Å². The Bertz CT molecular complexity index is 515. The van der Waals surface area contributed by atoms with Crippen molar-refractivity contribution in [3.05, 3.63) is 35.9 Å². The van der Waals surface area contributed by atoms with Crippen molar-refractivity contribution in [3.63, 3.8) is 0 Å². The third-order valence-corrected chi connectivity index (χ3v) is 4.79. The number of thioether (sulfide) groups is 1. The minimum absolute atomic E-state index is 0.0624. The minimum atomic E-state index is 0.0624. The maximum Gasteiger partial charge on any atom is 0.407 e. The first-order valence-corrected chi connectivity index (χ1v) is 8.45. The first-order valence-electron chi connectivity index (χ1n) is 7.57. The summed E-state index contributed by atoms with van der Waals surface area (Å²) in [6.45, 7) is 6.38. The number of hydrogen-bond acceptors (Lipinski definition) is 3. The molecule has 3 unspecified atom stereocenters. The van der Waals surface area contributed by atoms with E-state index in [1.165, 1.54) is 5.56 Å². The summed E-state index contributed by atoms with van der Waals surface area (Å²) in [5, 5.41) is 0.876. The van der Waals surface area contributed by atoms with Crippen molar-refractivity contribution in [2.45, 2.75) is 44.0 Å². The minimum Gasteiger partial charge on any atom is -0.373 e. The summed E-state index contributed by atoms with van der Waals surface area (Å²) < 4.78 is 16.1. The maximum absolute atomic E-state index is 6.08. The summed E-state index contributed by atoms with van der Waals surface area (Å²) in [6.07, 6.45) is 2.21. The van der Waals surface area contributed by atoms with Gasteiger partial charge in [0.05, 0.1) is 32.9 Å². The van der Waals surface area contributed by atoms with Crippen LogP contribution in [0.15, 0.2) is 30.3 Å². The van der Waals surface area contributed by atoms with Crippen LogP contribution in [0.2, 0.25) is 0 Å². The largest absolute Gasteiger partial charge is 0.407 e. The van der Waals surface area contributed by atoms with Gasteiger partial charge in [-0.3, -0.25) is 0 Å². The van der Waals surface area contributed by atoms with E-state index in [0.29, 0.717) is 6.61 Å². The van der Waals surface area contributed by atoms with Crippen LogP contribution in [0.4, 0.5) is 0 Å². The summed E-state index contributed by atoms with van der Waals surface area (Å²) in [6, 6.07) is 10.3. The number of benzene rings is 1. The molecule has 120 valence electrons. The van der Waals surface area contributed by atoms with E-state index in [1.54, 1.807) is 11.8 Å². The monoisotopic (exact) mass is 321 g/mol. The summed E-state index contributed by atoms with van der Waals surface area (Å²) >= 11 is 1.61. The Balaban J connectivity index is 1.89. The van der Waals surface area contributed by atoms with Crippen LogP contribution in [-0.2, 0) is 16.1 Å². The van der Waals surface area contributed by atoms with Crippen LogP contribution >= 0.6 is 11.8 Å². The lowest BCUT2D eigenvalue weighted by Gasteiger charge is -2.32. The summed E-state index contributed by atoms with van der Waals surface area (Å²) in [5.74, 6) is 0. The standard InChI is InChI=1S/C17H25N2O2S/c1-13-10-15(20-12-14-8-6-5-7-9-14)11-16(21-13)22-17(18-2)19(3)4/h5-9,13,15-16H,2,10-12H2,1,3-4H3/q+1. The molecule has 0 aliphatic carbocycles. The van der Waals surface area contributed by atoms with Crippen molar-refractivity contribution in [2.75, 3.05) is 14.1 Å². The molecule has 1 aromatic rings. The molecule has 0 amide bonds. The Labute approximate surface area is 137 Å². The topological polar surface area (TPSA) is 35.8 Å². The SMILES string of the molecule is C=[N+]=C(SC1CC(OCc2ccccc2)CC(C)O1)N(C)C. The van der Waals surface area contributed by atoms with Gasteiger partial charge in [-0.2, -0.15) is 0 Å². The van der Waals surface area contributed by atoms with Crippen LogP contribution in [0.1, 0.15) is 25.3 Å². The average Bonchev–Trinajstić information content (AvgIpc) is 2.51. The third kappa shape index (κ3) is 5.18. The van der Waals surface area contributed by atoms with Gasteiger partial charge in [0.2, 0.25) is 0 Å². The highest BCUT2D eigenvalue weighted by molar-refractivity contribution is 8.14. The molecular weight excluding hydrogens is 296 g/mol. The van der Waals surface area contributed by atoms with Gasteiger partial charge in [-0.25, -0.2) is 9.57 Å². The smallest absolute Gasteiger partial charge is 0.373 e. The predicted molar refractivity (Wildman–Crippen MR) is 94.1 cm³/mol. The molecule has 0 bridgehead atoms. The van der Waals surface area contributed by atoms with Crippen LogP contribution in [-0.4, -0.2) is 48.5 Å². The van der Waals surface area contributed by atoms with E-state index in [0.717, 1.165) is 18.0 Å². The quantitative estimate of drug-likeness (QED) is 0.485. The van der Waals surface area contributed by atoms with Crippen LogP contribution in [0.25, 0.3) is 0 Å². The highest BCUT2D eigenvalue weighted by Crippen LogP contribution is 2.30. The zero-order valence-electron chi connectivity index (χ0n) is 13.6.